The van der Waals surface area contributed by atoms with Crippen LogP contribution >= 0.6 is 0 Å². The smallest absolute Gasteiger partial charge is 0.321 e. The zero-order valence-electron chi connectivity index (χ0n) is 9.06. The van der Waals surface area contributed by atoms with E-state index in [0.717, 1.165) is 18.3 Å². The number of benzene rings is 1. The van der Waals surface area contributed by atoms with Crippen molar-refractivity contribution in [3.8, 4) is 0 Å². The van der Waals surface area contributed by atoms with Crippen molar-refractivity contribution in [2.75, 3.05) is 5.32 Å². The van der Waals surface area contributed by atoms with Gasteiger partial charge in [-0.2, -0.15) is 4.73 Å². The second-order valence-electron chi connectivity index (χ2n) is 3.46. The Balaban J connectivity index is 2.30. The molecule has 92 valence electrons. The molecule has 0 saturated carbocycles. The molecule has 0 atom stereocenters. The molecule has 0 radical (unpaired) electrons. The van der Waals surface area contributed by atoms with Crippen molar-refractivity contribution in [2.45, 2.75) is 0 Å². The Morgan fingerprint density at radius 2 is 1.78 bits per heavy atom. The zero-order chi connectivity index (χ0) is 13.1. The molecule has 0 bridgehead atoms. The quantitative estimate of drug-likeness (QED) is 0.653. The standard InChI is InChI=1S/C12H8F2N2O2/c13-8-4-3-5-9(14)11(8)15-12(17)10-6-1-2-7-16(10)18/h1-7H,(H,15,17). The molecule has 0 aliphatic heterocycles. The first-order valence-corrected chi connectivity index (χ1v) is 5.03. The number of carbonyl (C=O) groups excluding carboxylic acids is 1. The minimum Gasteiger partial charge on any atom is -0.618 e. The molecule has 0 unspecified atom stereocenters. The summed E-state index contributed by atoms with van der Waals surface area (Å²) in [5.74, 6) is -2.69. The van der Waals surface area contributed by atoms with Crippen molar-refractivity contribution in [1.82, 2.24) is 0 Å². The molecule has 0 saturated heterocycles. The van der Waals surface area contributed by atoms with Crippen molar-refractivity contribution in [3.63, 3.8) is 0 Å². The van der Waals surface area contributed by atoms with E-state index in [2.05, 4.69) is 0 Å². The van der Waals surface area contributed by atoms with Gasteiger partial charge in [-0.25, -0.2) is 8.78 Å². The molecule has 2 aromatic rings. The molecule has 0 fully saturated rings. The fourth-order valence-corrected chi connectivity index (χ4v) is 1.40. The van der Waals surface area contributed by atoms with E-state index in [9.17, 15) is 18.8 Å². The predicted molar refractivity (Wildman–Crippen MR) is 59.7 cm³/mol. The first-order chi connectivity index (χ1) is 8.59. The number of anilines is 1. The molecule has 0 aliphatic carbocycles. The first-order valence-electron chi connectivity index (χ1n) is 5.03. The number of aromatic nitrogens is 1. The molecular weight excluding hydrogens is 242 g/mol. The molecule has 4 nitrogen and oxygen atoms in total. The molecule has 0 aliphatic rings. The molecule has 0 spiro atoms. The van der Waals surface area contributed by atoms with E-state index in [1.165, 1.54) is 24.3 Å². The van der Waals surface area contributed by atoms with Gasteiger partial charge in [-0.15, -0.1) is 0 Å². The summed E-state index contributed by atoms with van der Waals surface area (Å²) >= 11 is 0. The monoisotopic (exact) mass is 250 g/mol. The Morgan fingerprint density at radius 3 is 2.39 bits per heavy atom. The maximum atomic E-state index is 13.3. The Hall–Kier alpha value is -2.50. The van der Waals surface area contributed by atoms with Crippen molar-refractivity contribution >= 4 is 11.6 Å². The van der Waals surface area contributed by atoms with E-state index >= 15 is 0 Å². The third-order valence-electron chi connectivity index (χ3n) is 2.26. The molecule has 1 N–H and O–H groups in total. The van der Waals surface area contributed by atoms with Gasteiger partial charge < -0.3 is 10.5 Å². The number of amides is 1. The zero-order valence-corrected chi connectivity index (χ0v) is 9.06. The highest BCUT2D eigenvalue weighted by molar-refractivity contribution is 6.01. The number of rotatable bonds is 2. The molecule has 1 amide bonds. The largest absolute Gasteiger partial charge is 0.618 e. The highest BCUT2D eigenvalue weighted by atomic mass is 19.1. The van der Waals surface area contributed by atoms with E-state index in [-0.39, 0.29) is 5.69 Å². The number of carbonyl (C=O) groups is 1. The van der Waals surface area contributed by atoms with E-state index in [4.69, 9.17) is 0 Å². The van der Waals surface area contributed by atoms with Crippen molar-refractivity contribution < 1.29 is 18.3 Å². The van der Waals surface area contributed by atoms with Crippen LogP contribution in [-0.2, 0) is 0 Å². The summed E-state index contributed by atoms with van der Waals surface area (Å²) in [6.45, 7) is 0. The lowest BCUT2D eigenvalue weighted by atomic mass is 10.2. The summed E-state index contributed by atoms with van der Waals surface area (Å²) in [6.07, 6.45) is 1.12. The maximum absolute atomic E-state index is 13.3. The topological polar surface area (TPSA) is 56.0 Å². The van der Waals surface area contributed by atoms with E-state index in [1.807, 2.05) is 5.32 Å². The summed E-state index contributed by atoms with van der Waals surface area (Å²) in [4.78, 5) is 11.7. The lowest BCUT2D eigenvalue weighted by Gasteiger charge is -2.07. The van der Waals surface area contributed by atoms with Gasteiger partial charge in [0.25, 0.3) is 5.69 Å². The van der Waals surface area contributed by atoms with Gasteiger partial charge >= 0.3 is 5.91 Å². The van der Waals surface area contributed by atoms with E-state index in [1.54, 1.807) is 0 Å². The maximum Gasteiger partial charge on any atom is 0.321 e. The normalized spacial score (nSPS) is 10.1. The molecule has 2 rings (SSSR count). The van der Waals surface area contributed by atoms with Gasteiger partial charge in [0.15, 0.2) is 6.20 Å². The number of nitrogens with one attached hydrogen (secondary N) is 1. The second-order valence-corrected chi connectivity index (χ2v) is 3.46. The van der Waals surface area contributed by atoms with Gasteiger partial charge in [-0.3, -0.25) is 4.79 Å². The third kappa shape index (κ3) is 2.27. The Kier molecular flexibility index (Phi) is 3.18. The van der Waals surface area contributed by atoms with E-state index < -0.39 is 23.2 Å². The molecule has 1 heterocycles. The molecule has 1 aromatic heterocycles. The van der Waals surface area contributed by atoms with E-state index in [0.29, 0.717) is 4.73 Å². The van der Waals surface area contributed by atoms with Crippen molar-refractivity contribution in [3.05, 3.63) is 65.1 Å². The Morgan fingerprint density at radius 1 is 1.11 bits per heavy atom. The number of pyridine rings is 1. The van der Waals surface area contributed by atoms with Gasteiger partial charge in [-0.05, 0) is 18.2 Å². The highest BCUT2D eigenvalue weighted by Crippen LogP contribution is 2.18. The summed E-state index contributed by atoms with van der Waals surface area (Å²) < 4.78 is 26.9. The van der Waals surface area contributed by atoms with Crippen LogP contribution in [0.25, 0.3) is 0 Å². The number of para-hydroxylation sites is 1. The number of halogens is 2. The molecule has 6 heteroatoms. The minimum absolute atomic E-state index is 0.250. The fraction of sp³-hybridized carbons (Fsp3) is 0. The number of hydrogen-bond acceptors (Lipinski definition) is 2. The first kappa shape index (κ1) is 12.0. The van der Waals surface area contributed by atoms with Crippen LogP contribution in [0.2, 0.25) is 0 Å². The Labute approximate surface area is 101 Å². The highest BCUT2D eigenvalue weighted by Gasteiger charge is 2.18. The van der Waals surface area contributed by atoms with Gasteiger partial charge in [0.1, 0.15) is 17.3 Å². The van der Waals surface area contributed by atoms with Crippen LogP contribution in [0.4, 0.5) is 14.5 Å². The summed E-state index contributed by atoms with van der Waals surface area (Å²) in [6, 6.07) is 7.36. The summed E-state index contributed by atoms with van der Waals surface area (Å²) in [5.41, 5.74) is -0.827. The lowest BCUT2D eigenvalue weighted by molar-refractivity contribution is -0.607. The average Bonchev–Trinajstić information content (AvgIpc) is 2.34. The summed E-state index contributed by atoms with van der Waals surface area (Å²) in [5, 5.41) is 13.3. The predicted octanol–water partition coefficient (Wildman–Crippen LogP) is 1.85. The van der Waals surface area contributed by atoms with Gasteiger partial charge in [0.2, 0.25) is 0 Å². The van der Waals surface area contributed by atoms with Gasteiger partial charge in [-0.1, -0.05) is 6.07 Å². The average molecular weight is 250 g/mol. The van der Waals surface area contributed by atoms with Crippen LogP contribution in [0.5, 0.6) is 0 Å². The molecule has 18 heavy (non-hydrogen) atoms. The van der Waals surface area contributed by atoms with Crippen LogP contribution in [0.1, 0.15) is 10.5 Å². The van der Waals surface area contributed by atoms with Crippen LogP contribution in [0.3, 0.4) is 0 Å². The Bertz CT molecular complexity index is 582. The third-order valence-corrected chi connectivity index (χ3v) is 2.26. The minimum atomic E-state index is -0.906. The number of nitrogens with zero attached hydrogens (tertiary/aromatic N) is 1. The fourth-order valence-electron chi connectivity index (χ4n) is 1.40. The summed E-state index contributed by atoms with van der Waals surface area (Å²) in [7, 11) is 0. The van der Waals surface area contributed by atoms with Crippen LogP contribution in [0.15, 0.2) is 42.6 Å². The van der Waals surface area contributed by atoms with Crippen LogP contribution in [0, 0.1) is 16.8 Å². The van der Waals surface area contributed by atoms with Crippen molar-refractivity contribution in [2.24, 2.45) is 0 Å². The SMILES string of the molecule is O=C(Nc1c(F)cccc1F)c1cccc[n+]1[O-]. The second kappa shape index (κ2) is 4.79. The number of hydrogen-bond donors (Lipinski definition) is 1. The van der Waals surface area contributed by atoms with Crippen LogP contribution < -0.4 is 10.0 Å². The van der Waals surface area contributed by atoms with Crippen molar-refractivity contribution in [1.29, 1.82) is 0 Å². The van der Waals surface area contributed by atoms with Crippen LogP contribution in [-0.4, -0.2) is 5.91 Å². The molecular formula is C12H8F2N2O2. The van der Waals surface area contributed by atoms with Gasteiger partial charge in [0, 0.05) is 12.1 Å². The van der Waals surface area contributed by atoms with Gasteiger partial charge in [0.05, 0.1) is 0 Å². The lowest BCUT2D eigenvalue weighted by Crippen LogP contribution is -2.36. The molecule has 1 aromatic carbocycles.